The van der Waals surface area contributed by atoms with Gasteiger partial charge in [0.2, 0.25) is 10.0 Å². The topological polar surface area (TPSA) is 75.2 Å². The SMILES string of the molecule is Cc1cc(S(=O)(=O)N2CCCCC2c2ncc3c(n2)CCNC3)ccc1F. The maximum atomic E-state index is 13.6. The van der Waals surface area contributed by atoms with Crippen LogP contribution in [0, 0.1) is 12.7 Å². The number of benzene rings is 1. The van der Waals surface area contributed by atoms with Crippen molar-refractivity contribution in [3.8, 4) is 0 Å². The zero-order valence-electron chi connectivity index (χ0n) is 15.3. The van der Waals surface area contributed by atoms with Gasteiger partial charge in [-0.3, -0.25) is 0 Å². The first-order valence-corrected chi connectivity index (χ1v) is 10.7. The minimum atomic E-state index is -3.75. The molecular formula is C19H23FN4O2S. The van der Waals surface area contributed by atoms with Gasteiger partial charge < -0.3 is 5.32 Å². The van der Waals surface area contributed by atoms with Crippen LogP contribution in [-0.2, 0) is 23.0 Å². The molecular weight excluding hydrogens is 367 g/mol. The lowest BCUT2D eigenvalue weighted by Crippen LogP contribution is -2.39. The molecule has 1 fully saturated rings. The summed E-state index contributed by atoms with van der Waals surface area (Å²) in [7, 11) is -3.75. The summed E-state index contributed by atoms with van der Waals surface area (Å²) in [4.78, 5) is 9.32. The Morgan fingerprint density at radius 2 is 2.15 bits per heavy atom. The van der Waals surface area contributed by atoms with E-state index in [0.717, 1.165) is 43.6 Å². The van der Waals surface area contributed by atoms with Crippen molar-refractivity contribution in [2.24, 2.45) is 0 Å². The number of hydrogen-bond acceptors (Lipinski definition) is 5. The molecule has 2 aliphatic heterocycles. The normalized spacial score (nSPS) is 21.0. The van der Waals surface area contributed by atoms with Gasteiger partial charge in [0.05, 0.1) is 10.9 Å². The summed E-state index contributed by atoms with van der Waals surface area (Å²) in [5, 5.41) is 3.29. The Balaban J connectivity index is 1.71. The number of hydrogen-bond donors (Lipinski definition) is 1. The van der Waals surface area contributed by atoms with E-state index in [2.05, 4.69) is 10.3 Å². The summed E-state index contributed by atoms with van der Waals surface area (Å²) in [5.41, 5.74) is 2.39. The van der Waals surface area contributed by atoms with E-state index in [4.69, 9.17) is 4.98 Å². The standard InChI is InChI=1S/C19H23FN4O2S/c1-13-10-15(5-6-16(13)20)27(25,26)24-9-3-2-4-18(24)19-22-12-14-11-21-8-7-17(14)23-19/h5-6,10,12,18,21H,2-4,7-9,11H2,1H3. The number of aryl methyl sites for hydroxylation is 1. The van der Waals surface area contributed by atoms with Crippen LogP contribution in [0.3, 0.4) is 0 Å². The fourth-order valence-electron chi connectivity index (χ4n) is 3.78. The molecule has 8 heteroatoms. The Labute approximate surface area is 158 Å². The Hall–Kier alpha value is -1.90. The molecule has 1 unspecified atom stereocenters. The van der Waals surface area contributed by atoms with Crippen molar-refractivity contribution >= 4 is 10.0 Å². The van der Waals surface area contributed by atoms with Gasteiger partial charge in [-0.05, 0) is 43.5 Å². The van der Waals surface area contributed by atoms with E-state index < -0.39 is 15.8 Å². The van der Waals surface area contributed by atoms with Crippen molar-refractivity contribution in [1.29, 1.82) is 0 Å². The molecule has 1 N–H and O–H groups in total. The minimum Gasteiger partial charge on any atom is -0.312 e. The lowest BCUT2D eigenvalue weighted by atomic mass is 10.0. The van der Waals surface area contributed by atoms with Crippen LogP contribution in [0.1, 0.15) is 47.9 Å². The summed E-state index contributed by atoms with van der Waals surface area (Å²) in [6, 6.07) is 3.57. The van der Waals surface area contributed by atoms with E-state index >= 15 is 0 Å². The number of sulfonamides is 1. The van der Waals surface area contributed by atoms with E-state index in [0.29, 0.717) is 24.4 Å². The third-order valence-corrected chi connectivity index (χ3v) is 7.22. The molecule has 1 saturated heterocycles. The summed E-state index contributed by atoms with van der Waals surface area (Å²) in [6.07, 6.45) is 5.05. The number of nitrogens with one attached hydrogen (secondary N) is 1. The van der Waals surface area contributed by atoms with Gasteiger partial charge in [0.25, 0.3) is 0 Å². The van der Waals surface area contributed by atoms with Gasteiger partial charge in [0.15, 0.2) is 0 Å². The first-order valence-electron chi connectivity index (χ1n) is 9.30. The Bertz CT molecular complexity index is 964. The van der Waals surface area contributed by atoms with Crippen molar-refractivity contribution in [3.63, 3.8) is 0 Å². The van der Waals surface area contributed by atoms with E-state index in [1.165, 1.54) is 22.5 Å². The van der Waals surface area contributed by atoms with E-state index in [-0.39, 0.29) is 10.9 Å². The van der Waals surface area contributed by atoms with Crippen LogP contribution in [0.15, 0.2) is 29.3 Å². The van der Waals surface area contributed by atoms with Crippen LogP contribution in [0.5, 0.6) is 0 Å². The lowest BCUT2D eigenvalue weighted by Gasteiger charge is -2.34. The minimum absolute atomic E-state index is 0.121. The number of fused-ring (bicyclic) bond motifs is 1. The summed E-state index contributed by atoms with van der Waals surface area (Å²) >= 11 is 0. The number of aromatic nitrogens is 2. The second-order valence-corrected chi connectivity index (χ2v) is 9.06. The highest BCUT2D eigenvalue weighted by Gasteiger charge is 2.36. The van der Waals surface area contributed by atoms with Crippen molar-refractivity contribution in [2.75, 3.05) is 13.1 Å². The first kappa shape index (κ1) is 18.5. The second kappa shape index (κ2) is 7.26. The van der Waals surface area contributed by atoms with Crippen LogP contribution in [0.4, 0.5) is 4.39 Å². The Morgan fingerprint density at radius 1 is 1.30 bits per heavy atom. The van der Waals surface area contributed by atoms with Gasteiger partial charge >= 0.3 is 0 Å². The van der Waals surface area contributed by atoms with Crippen molar-refractivity contribution in [1.82, 2.24) is 19.6 Å². The molecule has 1 aromatic carbocycles. The fourth-order valence-corrected chi connectivity index (χ4v) is 5.52. The van der Waals surface area contributed by atoms with Crippen molar-refractivity contribution < 1.29 is 12.8 Å². The largest absolute Gasteiger partial charge is 0.312 e. The van der Waals surface area contributed by atoms with Crippen molar-refractivity contribution in [3.05, 3.63) is 52.9 Å². The van der Waals surface area contributed by atoms with Gasteiger partial charge in [-0.15, -0.1) is 0 Å². The predicted octanol–water partition coefficient (Wildman–Crippen LogP) is 2.49. The van der Waals surface area contributed by atoms with Crippen LogP contribution in [0.2, 0.25) is 0 Å². The average molecular weight is 390 g/mol. The third-order valence-electron chi connectivity index (χ3n) is 5.31. The zero-order valence-corrected chi connectivity index (χ0v) is 16.1. The van der Waals surface area contributed by atoms with Crippen LogP contribution in [0.25, 0.3) is 0 Å². The molecule has 1 aromatic heterocycles. The monoisotopic (exact) mass is 390 g/mol. The van der Waals surface area contributed by atoms with E-state index in [1.807, 2.05) is 6.20 Å². The Morgan fingerprint density at radius 3 is 2.96 bits per heavy atom. The summed E-state index contributed by atoms with van der Waals surface area (Å²) < 4.78 is 41.6. The van der Waals surface area contributed by atoms with Gasteiger partial charge in [-0.25, -0.2) is 22.8 Å². The highest BCUT2D eigenvalue weighted by Crippen LogP contribution is 2.34. The maximum Gasteiger partial charge on any atom is 0.243 e. The quantitative estimate of drug-likeness (QED) is 0.872. The molecule has 144 valence electrons. The highest BCUT2D eigenvalue weighted by molar-refractivity contribution is 7.89. The molecule has 3 heterocycles. The highest BCUT2D eigenvalue weighted by atomic mass is 32.2. The Kier molecular flexibility index (Phi) is 4.96. The zero-order chi connectivity index (χ0) is 19.0. The number of rotatable bonds is 3. The molecule has 6 nitrogen and oxygen atoms in total. The molecule has 27 heavy (non-hydrogen) atoms. The van der Waals surface area contributed by atoms with Gasteiger partial charge in [-0.2, -0.15) is 4.31 Å². The molecule has 2 aliphatic rings. The van der Waals surface area contributed by atoms with Gasteiger partial charge in [0.1, 0.15) is 11.6 Å². The van der Waals surface area contributed by atoms with Crippen LogP contribution in [-0.4, -0.2) is 35.8 Å². The molecule has 2 aromatic rings. The van der Waals surface area contributed by atoms with E-state index in [1.54, 1.807) is 6.92 Å². The fraction of sp³-hybridized carbons (Fsp3) is 0.474. The summed E-state index contributed by atoms with van der Waals surface area (Å²) in [6.45, 7) is 3.61. The molecule has 0 amide bonds. The lowest BCUT2D eigenvalue weighted by molar-refractivity contribution is 0.245. The number of halogens is 1. The average Bonchev–Trinajstić information content (AvgIpc) is 2.69. The summed E-state index contributed by atoms with van der Waals surface area (Å²) in [5.74, 6) is 0.161. The van der Waals surface area contributed by atoms with Crippen LogP contribution >= 0.6 is 0 Å². The number of piperidine rings is 1. The smallest absolute Gasteiger partial charge is 0.243 e. The predicted molar refractivity (Wildman–Crippen MR) is 99.1 cm³/mol. The first-order chi connectivity index (χ1) is 13.0. The molecule has 0 radical (unpaired) electrons. The molecule has 0 saturated carbocycles. The van der Waals surface area contributed by atoms with Crippen molar-refractivity contribution in [2.45, 2.75) is 50.1 Å². The number of nitrogens with zero attached hydrogens (tertiary/aromatic N) is 3. The van der Waals surface area contributed by atoms with Crippen LogP contribution < -0.4 is 5.32 Å². The van der Waals surface area contributed by atoms with E-state index in [9.17, 15) is 12.8 Å². The maximum absolute atomic E-state index is 13.6. The van der Waals surface area contributed by atoms with Gasteiger partial charge in [-0.1, -0.05) is 6.42 Å². The molecule has 4 rings (SSSR count). The van der Waals surface area contributed by atoms with Gasteiger partial charge in [0, 0.05) is 43.5 Å². The third kappa shape index (κ3) is 3.49. The molecule has 0 spiro atoms. The molecule has 1 atom stereocenters. The molecule has 0 aliphatic carbocycles. The molecule has 0 bridgehead atoms. The second-order valence-electron chi connectivity index (χ2n) is 7.17.